The van der Waals surface area contributed by atoms with Gasteiger partial charge in [0.25, 0.3) is 5.91 Å². The second kappa shape index (κ2) is 9.34. The van der Waals surface area contributed by atoms with Gasteiger partial charge in [-0.2, -0.15) is 4.31 Å². The summed E-state index contributed by atoms with van der Waals surface area (Å²) in [5.41, 5.74) is 1.34. The van der Waals surface area contributed by atoms with Crippen molar-refractivity contribution < 1.29 is 22.7 Å². The lowest BCUT2D eigenvalue weighted by molar-refractivity contribution is -0.118. The van der Waals surface area contributed by atoms with Gasteiger partial charge in [0.05, 0.1) is 17.1 Å². The van der Waals surface area contributed by atoms with Gasteiger partial charge in [0.15, 0.2) is 6.61 Å². The molecule has 0 saturated carbocycles. The Balaban J connectivity index is 1.59. The molecule has 9 heteroatoms. The monoisotopic (exact) mass is 452 g/mol. The average Bonchev–Trinajstić information content (AvgIpc) is 2.68. The summed E-state index contributed by atoms with van der Waals surface area (Å²) < 4.78 is 38.3. The molecule has 0 aliphatic carbocycles. The predicted molar refractivity (Wildman–Crippen MR) is 116 cm³/mol. The minimum absolute atomic E-state index is 0.161. The minimum Gasteiger partial charge on any atom is -0.484 e. The highest BCUT2D eigenvalue weighted by molar-refractivity contribution is 7.89. The van der Waals surface area contributed by atoms with Gasteiger partial charge in [-0.1, -0.05) is 11.6 Å². The number of morpholine rings is 1. The molecule has 2 aromatic carbocycles. The van der Waals surface area contributed by atoms with Gasteiger partial charge in [-0.15, -0.1) is 0 Å². The summed E-state index contributed by atoms with van der Waals surface area (Å²) in [5, 5.41) is 3.32. The number of nitrogens with one attached hydrogen (secondary N) is 1. The number of anilines is 1. The van der Waals surface area contributed by atoms with Gasteiger partial charge in [0, 0.05) is 23.8 Å². The normalized spacial score (nSPS) is 20.0. The highest BCUT2D eigenvalue weighted by Crippen LogP contribution is 2.23. The summed E-state index contributed by atoms with van der Waals surface area (Å²) in [6.07, 6.45) is -0.321. The number of carbonyl (C=O) groups excluding carboxylic acids is 1. The van der Waals surface area contributed by atoms with Crippen LogP contribution in [0.25, 0.3) is 0 Å². The van der Waals surface area contributed by atoms with E-state index < -0.39 is 10.0 Å². The molecule has 0 spiro atoms. The first-order valence-electron chi connectivity index (χ1n) is 9.59. The molecule has 0 radical (unpaired) electrons. The van der Waals surface area contributed by atoms with Crippen LogP contribution in [-0.4, -0.2) is 50.5 Å². The molecule has 1 aliphatic heterocycles. The Morgan fingerprint density at radius 1 is 1.17 bits per heavy atom. The molecule has 1 heterocycles. The quantitative estimate of drug-likeness (QED) is 0.725. The standard InChI is InChI=1S/C21H25ClN2O5S/c1-14-10-18(6-9-20(14)22)28-13-21(25)23-17-4-7-19(8-5-17)30(26,27)24-11-15(2)29-16(3)12-24/h4-10,15-16H,11-13H2,1-3H3,(H,23,25)/t15-,16+. The van der Waals surface area contributed by atoms with Crippen LogP contribution in [0, 0.1) is 6.92 Å². The number of ether oxygens (including phenoxy) is 2. The van der Waals surface area contributed by atoms with Gasteiger partial charge in [-0.05, 0) is 68.8 Å². The molecule has 1 saturated heterocycles. The minimum atomic E-state index is -3.62. The van der Waals surface area contributed by atoms with E-state index in [1.54, 1.807) is 30.3 Å². The van der Waals surface area contributed by atoms with E-state index in [9.17, 15) is 13.2 Å². The van der Waals surface area contributed by atoms with E-state index in [0.29, 0.717) is 29.5 Å². The first-order chi connectivity index (χ1) is 14.1. The predicted octanol–water partition coefficient (Wildman–Crippen LogP) is 3.46. The zero-order valence-corrected chi connectivity index (χ0v) is 18.7. The van der Waals surface area contributed by atoms with Gasteiger partial charge in [-0.25, -0.2) is 8.42 Å². The van der Waals surface area contributed by atoms with Crippen molar-refractivity contribution in [3.8, 4) is 5.75 Å². The van der Waals surface area contributed by atoms with Crippen LogP contribution in [0.15, 0.2) is 47.4 Å². The van der Waals surface area contributed by atoms with Crippen LogP contribution in [0.5, 0.6) is 5.75 Å². The van der Waals surface area contributed by atoms with Gasteiger partial charge < -0.3 is 14.8 Å². The molecule has 2 aromatic rings. The molecule has 0 aromatic heterocycles. The molecule has 1 amide bonds. The molecule has 0 bridgehead atoms. The Kier molecular flexibility index (Phi) is 7.02. The molecule has 0 unspecified atom stereocenters. The fraction of sp³-hybridized carbons (Fsp3) is 0.381. The number of rotatable bonds is 6. The largest absolute Gasteiger partial charge is 0.484 e. The number of halogens is 1. The lowest BCUT2D eigenvalue weighted by atomic mass is 10.2. The average molecular weight is 453 g/mol. The van der Waals surface area contributed by atoms with E-state index in [1.807, 2.05) is 20.8 Å². The summed E-state index contributed by atoms with van der Waals surface area (Å²) in [7, 11) is -3.62. The molecular weight excluding hydrogens is 428 g/mol. The second-order valence-corrected chi connectivity index (χ2v) is 9.70. The van der Waals surface area contributed by atoms with Crippen molar-refractivity contribution in [2.75, 3.05) is 25.0 Å². The van der Waals surface area contributed by atoms with Crippen molar-refractivity contribution in [1.82, 2.24) is 4.31 Å². The smallest absolute Gasteiger partial charge is 0.262 e. The molecule has 1 fully saturated rings. The fourth-order valence-corrected chi connectivity index (χ4v) is 4.95. The maximum absolute atomic E-state index is 12.9. The lowest BCUT2D eigenvalue weighted by Gasteiger charge is -2.34. The molecule has 1 N–H and O–H groups in total. The zero-order valence-electron chi connectivity index (χ0n) is 17.1. The Labute approximate surface area is 182 Å². The summed E-state index contributed by atoms with van der Waals surface area (Å²) >= 11 is 5.97. The molecule has 30 heavy (non-hydrogen) atoms. The number of sulfonamides is 1. The second-order valence-electron chi connectivity index (χ2n) is 7.35. The van der Waals surface area contributed by atoms with E-state index >= 15 is 0 Å². The van der Waals surface area contributed by atoms with E-state index in [2.05, 4.69) is 5.32 Å². The highest BCUT2D eigenvalue weighted by Gasteiger charge is 2.32. The van der Waals surface area contributed by atoms with Gasteiger partial charge in [0.2, 0.25) is 10.0 Å². The van der Waals surface area contributed by atoms with Crippen LogP contribution in [-0.2, 0) is 19.6 Å². The Morgan fingerprint density at radius 2 is 1.80 bits per heavy atom. The van der Waals surface area contributed by atoms with Crippen molar-refractivity contribution in [3.63, 3.8) is 0 Å². The highest BCUT2D eigenvalue weighted by atomic mass is 35.5. The number of hydrogen-bond acceptors (Lipinski definition) is 5. The Bertz CT molecular complexity index is 1000. The summed E-state index contributed by atoms with van der Waals surface area (Å²) in [4.78, 5) is 12.3. The van der Waals surface area contributed by atoms with Crippen LogP contribution in [0.4, 0.5) is 5.69 Å². The molecule has 3 rings (SSSR count). The number of nitrogens with zero attached hydrogens (tertiary/aromatic N) is 1. The molecule has 2 atom stereocenters. The van der Waals surface area contributed by atoms with Crippen molar-refractivity contribution in [3.05, 3.63) is 53.1 Å². The van der Waals surface area contributed by atoms with Gasteiger partial charge in [0.1, 0.15) is 5.75 Å². The van der Waals surface area contributed by atoms with Crippen LogP contribution < -0.4 is 10.1 Å². The topological polar surface area (TPSA) is 84.9 Å². The number of hydrogen-bond donors (Lipinski definition) is 1. The van der Waals surface area contributed by atoms with Crippen molar-refractivity contribution in [2.45, 2.75) is 37.9 Å². The van der Waals surface area contributed by atoms with E-state index in [-0.39, 0.29) is 29.6 Å². The fourth-order valence-electron chi connectivity index (χ4n) is 3.24. The zero-order chi connectivity index (χ0) is 21.9. The number of benzene rings is 2. The van der Waals surface area contributed by atoms with Crippen molar-refractivity contribution >= 4 is 33.2 Å². The van der Waals surface area contributed by atoms with Crippen LogP contribution in [0.1, 0.15) is 19.4 Å². The van der Waals surface area contributed by atoms with E-state index in [4.69, 9.17) is 21.1 Å². The SMILES string of the molecule is Cc1cc(OCC(=O)Nc2ccc(S(=O)(=O)N3C[C@@H](C)O[C@@H](C)C3)cc2)ccc1Cl. The van der Waals surface area contributed by atoms with Crippen LogP contribution >= 0.6 is 11.6 Å². The molecule has 7 nitrogen and oxygen atoms in total. The van der Waals surface area contributed by atoms with E-state index in [1.165, 1.54) is 16.4 Å². The van der Waals surface area contributed by atoms with E-state index in [0.717, 1.165) is 5.56 Å². The number of carbonyl (C=O) groups is 1. The third kappa shape index (κ3) is 5.51. The van der Waals surface area contributed by atoms with Gasteiger partial charge >= 0.3 is 0 Å². The Morgan fingerprint density at radius 3 is 2.40 bits per heavy atom. The summed E-state index contributed by atoms with van der Waals surface area (Å²) in [5.74, 6) is 0.191. The van der Waals surface area contributed by atoms with Crippen LogP contribution in [0.2, 0.25) is 5.02 Å². The van der Waals surface area contributed by atoms with Crippen LogP contribution in [0.3, 0.4) is 0 Å². The maximum Gasteiger partial charge on any atom is 0.262 e. The third-order valence-electron chi connectivity index (χ3n) is 4.66. The Hall–Kier alpha value is -2.13. The van der Waals surface area contributed by atoms with Gasteiger partial charge in [-0.3, -0.25) is 4.79 Å². The maximum atomic E-state index is 12.9. The number of amides is 1. The summed E-state index contributed by atoms with van der Waals surface area (Å²) in [6.45, 7) is 6.00. The first kappa shape index (κ1) is 22.6. The molecule has 1 aliphatic rings. The first-order valence-corrected chi connectivity index (χ1v) is 11.4. The third-order valence-corrected chi connectivity index (χ3v) is 6.93. The molecule has 162 valence electrons. The van der Waals surface area contributed by atoms with Crippen molar-refractivity contribution in [2.24, 2.45) is 0 Å². The molecular formula is C21H25ClN2O5S. The lowest BCUT2D eigenvalue weighted by Crippen LogP contribution is -2.48. The number of aryl methyl sites for hydroxylation is 1. The summed E-state index contributed by atoms with van der Waals surface area (Å²) in [6, 6.07) is 11.2. The van der Waals surface area contributed by atoms with Crippen molar-refractivity contribution in [1.29, 1.82) is 0 Å².